The maximum Gasteiger partial charge on any atom is 0.0746 e. The Hall–Kier alpha value is -1.45. The first kappa shape index (κ1) is 14.0. The fourth-order valence-corrected chi connectivity index (χ4v) is 2.17. The molecule has 0 saturated heterocycles. The van der Waals surface area contributed by atoms with Gasteiger partial charge in [-0.15, -0.1) is 0 Å². The molecule has 0 aliphatic rings. The van der Waals surface area contributed by atoms with Crippen LogP contribution < -0.4 is 10.6 Å². The summed E-state index contributed by atoms with van der Waals surface area (Å²) in [6, 6.07) is 10.5. The third-order valence-corrected chi connectivity index (χ3v) is 3.17. The van der Waals surface area contributed by atoms with Crippen molar-refractivity contribution in [2.75, 3.05) is 19.6 Å². The van der Waals surface area contributed by atoms with Crippen LogP contribution in [-0.4, -0.2) is 24.6 Å². The lowest BCUT2D eigenvalue weighted by molar-refractivity contribution is 0.593. The summed E-state index contributed by atoms with van der Waals surface area (Å²) in [4.78, 5) is 4.47. The number of benzene rings is 1. The molecule has 3 heteroatoms. The van der Waals surface area contributed by atoms with E-state index >= 15 is 0 Å². The molecule has 3 nitrogen and oxygen atoms in total. The Balaban J connectivity index is 1.78. The van der Waals surface area contributed by atoms with Gasteiger partial charge in [-0.2, -0.15) is 0 Å². The first-order chi connectivity index (χ1) is 9.42. The highest BCUT2D eigenvalue weighted by molar-refractivity contribution is 5.81. The Morgan fingerprint density at radius 1 is 1.00 bits per heavy atom. The van der Waals surface area contributed by atoms with Crippen LogP contribution in [0.1, 0.15) is 25.3 Å². The fourth-order valence-electron chi connectivity index (χ4n) is 2.17. The molecule has 0 saturated carbocycles. The predicted molar refractivity (Wildman–Crippen MR) is 81.2 cm³/mol. The zero-order valence-electron chi connectivity index (χ0n) is 11.7. The van der Waals surface area contributed by atoms with Gasteiger partial charge < -0.3 is 10.6 Å². The zero-order valence-corrected chi connectivity index (χ0v) is 11.7. The summed E-state index contributed by atoms with van der Waals surface area (Å²) in [5, 5.41) is 8.12. The molecule has 0 aliphatic heterocycles. The van der Waals surface area contributed by atoms with Crippen molar-refractivity contribution in [3.05, 3.63) is 42.1 Å². The van der Waals surface area contributed by atoms with Crippen LogP contribution in [-0.2, 0) is 6.54 Å². The minimum atomic E-state index is 0.891. The summed E-state index contributed by atoms with van der Waals surface area (Å²) in [6.45, 7) is 6.34. The van der Waals surface area contributed by atoms with E-state index in [-0.39, 0.29) is 0 Å². The van der Waals surface area contributed by atoms with E-state index in [9.17, 15) is 0 Å². The molecule has 1 heterocycles. The number of para-hydroxylation sites is 1. The van der Waals surface area contributed by atoms with Gasteiger partial charge in [-0.3, -0.25) is 4.98 Å². The van der Waals surface area contributed by atoms with Gasteiger partial charge in [0, 0.05) is 18.1 Å². The van der Waals surface area contributed by atoms with Gasteiger partial charge in [0.05, 0.1) is 5.52 Å². The van der Waals surface area contributed by atoms with Crippen molar-refractivity contribution < 1.29 is 0 Å². The summed E-state index contributed by atoms with van der Waals surface area (Å²) in [7, 11) is 0. The average molecular weight is 257 g/mol. The molecule has 0 radical (unpaired) electrons. The molecule has 2 rings (SSSR count). The average Bonchev–Trinajstić information content (AvgIpc) is 2.46. The lowest BCUT2D eigenvalue weighted by Gasteiger charge is -2.08. The number of fused-ring (bicyclic) bond motifs is 1. The van der Waals surface area contributed by atoms with Crippen LogP contribution in [0.15, 0.2) is 36.5 Å². The van der Waals surface area contributed by atoms with Gasteiger partial charge in [0.1, 0.15) is 0 Å². The number of hydrogen-bond acceptors (Lipinski definition) is 3. The highest BCUT2D eigenvalue weighted by Gasteiger charge is 2.00. The summed E-state index contributed by atoms with van der Waals surface area (Å²) >= 11 is 0. The number of pyridine rings is 1. The molecule has 0 bridgehead atoms. The molecule has 2 aromatic rings. The molecule has 0 aliphatic carbocycles. The first-order valence-corrected chi connectivity index (χ1v) is 7.16. The van der Waals surface area contributed by atoms with E-state index in [4.69, 9.17) is 0 Å². The summed E-state index contributed by atoms with van der Waals surface area (Å²) < 4.78 is 0. The van der Waals surface area contributed by atoms with Gasteiger partial charge in [-0.05, 0) is 44.1 Å². The second kappa shape index (κ2) is 7.87. The molecule has 0 spiro atoms. The number of rotatable bonds is 8. The molecule has 2 N–H and O–H groups in total. The third-order valence-electron chi connectivity index (χ3n) is 3.17. The molecule has 102 valence electrons. The summed E-state index contributed by atoms with van der Waals surface area (Å²) in [6.07, 6.45) is 4.23. The maximum absolute atomic E-state index is 4.47. The quantitative estimate of drug-likeness (QED) is 0.714. The summed E-state index contributed by atoms with van der Waals surface area (Å²) in [5.41, 5.74) is 2.39. The lowest BCUT2D eigenvalue weighted by atomic mass is 10.1. The van der Waals surface area contributed by atoms with Gasteiger partial charge in [0.2, 0.25) is 0 Å². The van der Waals surface area contributed by atoms with Gasteiger partial charge in [-0.1, -0.05) is 31.2 Å². The highest BCUT2D eigenvalue weighted by atomic mass is 14.9. The van der Waals surface area contributed by atoms with Gasteiger partial charge >= 0.3 is 0 Å². The van der Waals surface area contributed by atoms with Crippen LogP contribution >= 0.6 is 0 Å². The monoisotopic (exact) mass is 257 g/mol. The zero-order chi connectivity index (χ0) is 13.3. The Morgan fingerprint density at radius 2 is 1.84 bits per heavy atom. The van der Waals surface area contributed by atoms with E-state index in [1.165, 1.54) is 17.4 Å². The molecule has 0 unspecified atom stereocenters. The first-order valence-electron chi connectivity index (χ1n) is 7.16. The van der Waals surface area contributed by atoms with Crippen molar-refractivity contribution in [1.82, 2.24) is 15.6 Å². The van der Waals surface area contributed by atoms with Crippen molar-refractivity contribution in [3.8, 4) is 0 Å². The second-order valence-electron chi connectivity index (χ2n) is 4.77. The maximum atomic E-state index is 4.47. The van der Waals surface area contributed by atoms with E-state index in [2.05, 4.69) is 46.8 Å². The van der Waals surface area contributed by atoms with Gasteiger partial charge in [-0.25, -0.2) is 0 Å². The van der Waals surface area contributed by atoms with Crippen LogP contribution in [0.4, 0.5) is 0 Å². The lowest BCUT2D eigenvalue weighted by Crippen LogP contribution is -2.22. The van der Waals surface area contributed by atoms with Crippen molar-refractivity contribution >= 4 is 10.9 Å². The minimum Gasteiger partial charge on any atom is -0.317 e. The molecule has 0 atom stereocenters. The van der Waals surface area contributed by atoms with E-state index < -0.39 is 0 Å². The van der Waals surface area contributed by atoms with Gasteiger partial charge in [0.15, 0.2) is 0 Å². The van der Waals surface area contributed by atoms with Crippen LogP contribution in [0, 0.1) is 0 Å². The van der Waals surface area contributed by atoms with Crippen molar-refractivity contribution in [3.63, 3.8) is 0 Å². The van der Waals surface area contributed by atoms with E-state index in [1.807, 2.05) is 12.3 Å². The Bertz CT molecular complexity index is 491. The van der Waals surface area contributed by atoms with Crippen LogP contribution in [0.25, 0.3) is 10.9 Å². The molecule has 0 amide bonds. The smallest absolute Gasteiger partial charge is 0.0746 e. The highest BCUT2D eigenvalue weighted by Crippen LogP contribution is 2.15. The molecular formula is C16H23N3. The van der Waals surface area contributed by atoms with Crippen molar-refractivity contribution in [2.24, 2.45) is 0 Å². The van der Waals surface area contributed by atoms with Crippen molar-refractivity contribution in [1.29, 1.82) is 0 Å². The molecule has 1 aromatic heterocycles. The predicted octanol–water partition coefficient (Wildman–Crippen LogP) is 2.71. The number of hydrogen-bond donors (Lipinski definition) is 2. The van der Waals surface area contributed by atoms with Crippen molar-refractivity contribution in [2.45, 2.75) is 26.3 Å². The SMILES string of the molecule is CCCNCCCNCc1cccc2cccnc12. The molecule has 0 fully saturated rings. The molecule has 19 heavy (non-hydrogen) atoms. The van der Waals surface area contributed by atoms with E-state index in [0.717, 1.165) is 38.1 Å². The largest absolute Gasteiger partial charge is 0.317 e. The number of nitrogens with zero attached hydrogens (tertiary/aromatic N) is 1. The third kappa shape index (κ3) is 4.30. The molecule has 1 aromatic carbocycles. The Labute approximate surface area is 115 Å². The van der Waals surface area contributed by atoms with E-state index in [0.29, 0.717) is 0 Å². The Morgan fingerprint density at radius 3 is 2.74 bits per heavy atom. The number of nitrogens with one attached hydrogen (secondary N) is 2. The second-order valence-corrected chi connectivity index (χ2v) is 4.77. The Kier molecular flexibility index (Phi) is 5.79. The van der Waals surface area contributed by atoms with Crippen LogP contribution in [0.3, 0.4) is 0 Å². The van der Waals surface area contributed by atoms with E-state index in [1.54, 1.807) is 0 Å². The minimum absolute atomic E-state index is 0.891. The standard InChI is InChI=1S/C16H23N3/c1-2-9-17-10-5-11-18-13-15-7-3-6-14-8-4-12-19-16(14)15/h3-4,6-8,12,17-18H,2,5,9-11,13H2,1H3. The topological polar surface area (TPSA) is 37.0 Å². The van der Waals surface area contributed by atoms with Crippen LogP contribution in [0.2, 0.25) is 0 Å². The molecular weight excluding hydrogens is 234 g/mol. The van der Waals surface area contributed by atoms with Crippen LogP contribution in [0.5, 0.6) is 0 Å². The fraction of sp³-hybridized carbons (Fsp3) is 0.438. The van der Waals surface area contributed by atoms with Gasteiger partial charge in [0.25, 0.3) is 0 Å². The number of aromatic nitrogens is 1. The summed E-state index contributed by atoms with van der Waals surface area (Å²) in [5.74, 6) is 0. The normalized spacial score (nSPS) is 11.0.